The molecule has 5 aromatic rings. The van der Waals surface area contributed by atoms with Crippen molar-refractivity contribution in [2.75, 3.05) is 50.8 Å². The highest BCUT2D eigenvalue weighted by Gasteiger charge is 2.21. The van der Waals surface area contributed by atoms with Crippen molar-refractivity contribution in [3.8, 4) is 5.75 Å². The monoisotopic (exact) mass is 732 g/mol. The molecule has 0 amide bonds. The van der Waals surface area contributed by atoms with Crippen LogP contribution >= 0.6 is 23.1 Å². The minimum atomic E-state index is -3.68. The van der Waals surface area contributed by atoms with Crippen molar-refractivity contribution < 1.29 is 23.1 Å². The molecule has 12 heteroatoms. The van der Waals surface area contributed by atoms with Crippen molar-refractivity contribution in [3.63, 3.8) is 0 Å². The number of nitrogens with zero attached hydrogens (tertiary/aromatic N) is 3. The second kappa shape index (κ2) is 16.8. The van der Waals surface area contributed by atoms with E-state index in [1.54, 1.807) is 23.7 Å². The lowest BCUT2D eigenvalue weighted by Gasteiger charge is -2.35. The molecule has 1 aliphatic rings. The van der Waals surface area contributed by atoms with Crippen LogP contribution in [0, 0.1) is 0 Å². The summed E-state index contributed by atoms with van der Waals surface area (Å²) >= 11 is 7.47. The fourth-order valence-electron chi connectivity index (χ4n) is 6.25. The van der Waals surface area contributed by atoms with E-state index in [9.17, 15) is 18.3 Å². The number of aryl methyl sites for hydroxylation is 3. The van der Waals surface area contributed by atoms with E-state index in [2.05, 4.69) is 57.0 Å². The van der Waals surface area contributed by atoms with Gasteiger partial charge in [-0.3, -0.25) is 9.69 Å². The van der Waals surface area contributed by atoms with Gasteiger partial charge in [-0.1, -0.05) is 60.1 Å². The summed E-state index contributed by atoms with van der Waals surface area (Å²) in [6.45, 7) is 5.44. The molecular formula is C38H41ClN4O5S2. The van der Waals surface area contributed by atoms with Crippen LogP contribution in [0.1, 0.15) is 28.7 Å². The number of aliphatic carboxylic acids is 1. The Morgan fingerprint density at radius 1 is 0.860 bits per heavy atom. The van der Waals surface area contributed by atoms with Gasteiger partial charge in [-0.2, -0.15) is 4.37 Å². The van der Waals surface area contributed by atoms with Gasteiger partial charge in [0.2, 0.25) is 10.0 Å². The number of fused-ring (bicyclic) bond motifs is 1. The molecule has 262 valence electrons. The van der Waals surface area contributed by atoms with Crippen LogP contribution in [-0.2, 0) is 40.5 Å². The van der Waals surface area contributed by atoms with Gasteiger partial charge in [0.15, 0.2) is 0 Å². The van der Waals surface area contributed by atoms with Gasteiger partial charge >= 0.3 is 5.97 Å². The number of hydrogen-bond donors (Lipinski definition) is 2. The molecule has 50 heavy (non-hydrogen) atoms. The number of ether oxygens (including phenoxy) is 1. The van der Waals surface area contributed by atoms with Crippen molar-refractivity contribution in [1.29, 1.82) is 0 Å². The van der Waals surface area contributed by atoms with Crippen molar-refractivity contribution >= 4 is 55.0 Å². The molecule has 0 bridgehead atoms. The van der Waals surface area contributed by atoms with E-state index in [1.165, 1.54) is 22.2 Å². The molecule has 1 fully saturated rings. The number of para-hydroxylation sites is 1. The first-order valence-electron chi connectivity index (χ1n) is 16.8. The summed E-state index contributed by atoms with van der Waals surface area (Å²) in [5.74, 6) is 1.11. The van der Waals surface area contributed by atoms with Gasteiger partial charge in [0.05, 0.1) is 9.60 Å². The van der Waals surface area contributed by atoms with Gasteiger partial charge in [-0.05, 0) is 102 Å². The Hall–Kier alpha value is -4.00. The molecule has 0 spiro atoms. The highest BCUT2D eigenvalue weighted by molar-refractivity contribution is 7.89. The third-order valence-corrected chi connectivity index (χ3v) is 11.5. The standard InChI is InChI=1S/C38H41ClN4O5S2/c39-32-12-14-33(15-13-32)50(46,47)40-18-17-30-26-28(25-29(27-30)10-16-37(44)45)9-11-31-5-1-3-7-35(31)48-24-23-42-19-21-43(22-20-42)38-34-6-2-4-8-36(34)49-41-38/h1-8,12-15,25-27,40H,9-11,16-24H2,(H,44,45). The molecule has 1 aliphatic heterocycles. The van der Waals surface area contributed by atoms with Gasteiger partial charge < -0.3 is 14.7 Å². The topological polar surface area (TPSA) is 112 Å². The summed E-state index contributed by atoms with van der Waals surface area (Å²) in [6, 6.07) is 28.7. The van der Waals surface area contributed by atoms with E-state index >= 15 is 0 Å². The number of hydrogen-bond acceptors (Lipinski definition) is 8. The zero-order chi connectivity index (χ0) is 34.9. The summed E-state index contributed by atoms with van der Waals surface area (Å²) in [6.07, 6.45) is 2.38. The van der Waals surface area contributed by atoms with E-state index in [0.717, 1.165) is 79.4 Å². The summed E-state index contributed by atoms with van der Waals surface area (Å²) in [5, 5.41) is 11.0. The number of sulfonamides is 1. The van der Waals surface area contributed by atoms with Crippen LogP contribution in [0.5, 0.6) is 5.75 Å². The van der Waals surface area contributed by atoms with Crippen molar-refractivity contribution in [3.05, 3.63) is 118 Å². The number of nitrogens with one attached hydrogen (secondary N) is 1. The Morgan fingerprint density at radius 2 is 1.54 bits per heavy atom. The number of carbonyl (C=O) groups is 1. The zero-order valence-corrected chi connectivity index (χ0v) is 30.2. The Balaban J connectivity index is 1.02. The lowest BCUT2D eigenvalue weighted by Crippen LogP contribution is -2.47. The third kappa shape index (κ3) is 9.61. The Labute approximate surface area is 302 Å². The molecular weight excluding hydrogens is 692 g/mol. The Bertz CT molecular complexity index is 2010. The highest BCUT2D eigenvalue weighted by atomic mass is 35.5. The van der Waals surface area contributed by atoms with E-state index in [-0.39, 0.29) is 17.9 Å². The molecule has 6 rings (SSSR count). The molecule has 2 N–H and O–H groups in total. The summed E-state index contributed by atoms with van der Waals surface area (Å²) < 4.78 is 40.5. The average Bonchev–Trinajstić information content (AvgIpc) is 3.55. The number of rotatable bonds is 16. The van der Waals surface area contributed by atoms with Gasteiger partial charge in [-0.25, -0.2) is 13.1 Å². The quantitative estimate of drug-likeness (QED) is 0.119. The number of halogens is 1. The molecule has 0 atom stereocenters. The fourth-order valence-corrected chi connectivity index (χ4v) is 8.20. The van der Waals surface area contributed by atoms with Crippen LogP contribution in [0.25, 0.3) is 10.1 Å². The van der Waals surface area contributed by atoms with Gasteiger partial charge in [0, 0.05) is 56.1 Å². The third-order valence-electron chi connectivity index (χ3n) is 8.92. The summed E-state index contributed by atoms with van der Waals surface area (Å²) in [7, 11) is -3.68. The van der Waals surface area contributed by atoms with E-state index in [4.69, 9.17) is 20.7 Å². The van der Waals surface area contributed by atoms with Gasteiger partial charge in [0.25, 0.3) is 0 Å². The Kier molecular flexibility index (Phi) is 12.0. The van der Waals surface area contributed by atoms with E-state index < -0.39 is 16.0 Å². The first-order chi connectivity index (χ1) is 24.2. The number of benzene rings is 4. The highest BCUT2D eigenvalue weighted by Crippen LogP contribution is 2.30. The second-order valence-corrected chi connectivity index (χ2v) is 15.4. The second-order valence-electron chi connectivity index (χ2n) is 12.4. The number of carboxylic acid groups (broad SMARTS) is 1. The number of aromatic nitrogens is 1. The molecule has 0 saturated carbocycles. The van der Waals surface area contributed by atoms with E-state index in [1.807, 2.05) is 24.3 Å². The maximum atomic E-state index is 12.8. The maximum Gasteiger partial charge on any atom is 0.303 e. The fraction of sp³-hybridized carbons (Fsp3) is 0.316. The van der Waals surface area contributed by atoms with Crippen LogP contribution in [-0.4, -0.2) is 74.6 Å². The summed E-state index contributed by atoms with van der Waals surface area (Å²) in [5.41, 5.74) is 4.06. The van der Waals surface area contributed by atoms with Crippen LogP contribution in [0.4, 0.5) is 5.82 Å². The van der Waals surface area contributed by atoms with Crippen LogP contribution < -0.4 is 14.4 Å². The number of anilines is 1. The molecule has 2 heterocycles. The molecule has 1 saturated heterocycles. The first-order valence-corrected chi connectivity index (χ1v) is 19.5. The van der Waals surface area contributed by atoms with Crippen LogP contribution in [0.2, 0.25) is 5.02 Å². The lowest BCUT2D eigenvalue weighted by molar-refractivity contribution is -0.136. The minimum absolute atomic E-state index is 0.0274. The van der Waals surface area contributed by atoms with Crippen molar-refractivity contribution in [2.45, 2.75) is 37.0 Å². The van der Waals surface area contributed by atoms with Gasteiger partial charge in [0.1, 0.15) is 18.2 Å². The normalized spacial score (nSPS) is 13.9. The molecule has 0 unspecified atom stereocenters. The maximum absolute atomic E-state index is 12.8. The lowest BCUT2D eigenvalue weighted by atomic mass is 9.96. The first kappa shape index (κ1) is 35.8. The number of piperazine rings is 1. The summed E-state index contributed by atoms with van der Waals surface area (Å²) in [4.78, 5) is 16.3. The van der Waals surface area contributed by atoms with Crippen molar-refractivity contribution in [1.82, 2.24) is 14.0 Å². The smallest absolute Gasteiger partial charge is 0.303 e. The van der Waals surface area contributed by atoms with Crippen LogP contribution in [0.3, 0.4) is 0 Å². The Morgan fingerprint density at radius 3 is 2.30 bits per heavy atom. The molecule has 1 aromatic heterocycles. The zero-order valence-electron chi connectivity index (χ0n) is 27.8. The van der Waals surface area contributed by atoms with Crippen molar-refractivity contribution in [2.24, 2.45) is 0 Å². The SMILES string of the molecule is O=C(O)CCc1cc(CCNS(=O)(=O)c2ccc(Cl)cc2)cc(CCc2ccccc2OCCN2CCN(c3nsc4ccccc34)CC2)c1. The molecule has 4 aromatic carbocycles. The van der Waals surface area contributed by atoms with Gasteiger partial charge in [-0.15, -0.1) is 0 Å². The molecule has 9 nitrogen and oxygen atoms in total. The number of carboxylic acids is 1. The predicted molar refractivity (Wildman–Crippen MR) is 200 cm³/mol. The minimum Gasteiger partial charge on any atom is -0.492 e. The largest absolute Gasteiger partial charge is 0.492 e. The molecule has 0 radical (unpaired) electrons. The van der Waals surface area contributed by atoms with Crippen LogP contribution in [0.15, 0.2) is 95.9 Å². The average molecular weight is 733 g/mol. The molecule has 0 aliphatic carbocycles. The predicted octanol–water partition coefficient (Wildman–Crippen LogP) is 6.47. The van der Waals surface area contributed by atoms with E-state index in [0.29, 0.717) is 24.5 Å².